The Labute approximate surface area is 607 Å². The third-order valence-corrected chi connectivity index (χ3v) is 21.0. The lowest BCUT2D eigenvalue weighted by atomic mass is 10.00. The zero-order chi connectivity index (χ0) is 72.8. The van der Waals surface area contributed by atoms with Crippen molar-refractivity contribution in [2.45, 2.75) is 439 Å². The molecule has 0 aromatic carbocycles. The maximum absolute atomic E-state index is 13.1. The predicted molar refractivity (Wildman–Crippen MR) is 405 cm³/mol. The second-order valence-corrected chi connectivity index (χ2v) is 32.4. The van der Waals surface area contributed by atoms with E-state index in [0.717, 1.165) is 108 Å². The van der Waals surface area contributed by atoms with Gasteiger partial charge in [-0.1, -0.05) is 369 Å². The number of aliphatic hydroxyl groups excluding tert-OH is 1. The molecule has 0 aromatic rings. The van der Waals surface area contributed by atoms with E-state index in [0.29, 0.717) is 25.7 Å². The summed E-state index contributed by atoms with van der Waals surface area (Å²) in [5.74, 6) is -0.569. The van der Waals surface area contributed by atoms with Gasteiger partial charge in [0.1, 0.15) is 19.3 Å². The summed E-state index contributed by atoms with van der Waals surface area (Å²) in [6.07, 6.45) is 61.0. The minimum absolute atomic E-state index is 0.107. The normalized spacial score (nSPS) is 14.2. The van der Waals surface area contributed by atoms with Crippen molar-refractivity contribution in [1.82, 2.24) is 0 Å². The van der Waals surface area contributed by atoms with Crippen LogP contribution in [0.4, 0.5) is 0 Å². The van der Waals surface area contributed by atoms with Gasteiger partial charge in [-0.3, -0.25) is 37.3 Å². The molecule has 3 unspecified atom stereocenters. The maximum Gasteiger partial charge on any atom is 0.472 e. The molecule has 19 heteroatoms. The molecule has 99 heavy (non-hydrogen) atoms. The lowest BCUT2D eigenvalue weighted by Crippen LogP contribution is -2.30. The number of unbranched alkanes of at least 4 members (excludes halogenated alkanes) is 48. The lowest BCUT2D eigenvalue weighted by molar-refractivity contribution is -0.161. The van der Waals surface area contributed by atoms with Crippen molar-refractivity contribution >= 4 is 39.5 Å². The van der Waals surface area contributed by atoms with Crippen molar-refractivity contribution in [3.05, 3.63) is 0 Å². The second kappa shape index (κ2) is 71.7. The summed E-state index contributed by atoms with van der Waals surface area (Å²) in [5, 5.41) is 10.6. The number of carbonyl (C=O) groups is 4. The van der Waals surface area contributed by atoms with Crippen LogP contribution in [0.5, 0.6) is 0 Å². The SMILES string of the molecule is CCCCCCCCCCCCCCCCCCC(=O)OC[C@H](COP(=O)(O)OC[C@@H](O)COP(=O)(O)OC[C@@H](COC(=O)CCCCCCCCC(C)CC)OC(=O)CCCCCCCCCCCCCCCC)OC(=O)CCCCCCCCCCCCCCCCCCC(C)C. The summed E-state index contributed by atoms with van der Waals surface area (Å²) in [6, 6.07) is 0. The van der Waals surface area contributed by atoms with E-state index in [1.807, 2.05) is 0 Å². The molecule has 0 aliphatic heterocycles. The molecule has 0 amide bonds. The number of phosphoric ester groups is 2. The van der Waals surface area contributed by atoms with Gasteiger partial charge in [0.25, 0.3) is 0 Å². The smallest absolute Gasteiger partial charge is 0.462 e. The molecule has 0 saturated heterocycles. The highest BCUT2D eigenvalue weighted by Gasteiger charge is 2.30. The maximum atomic E-state index is 13.1. The molecule has 0 aliphatic rings. The quantitative estimate of drug-likeness (QED) is 0.0222. The molecule has 0 fully saturated rings. The van der Waals surface area contributed by atoms with Crippen molar-refractivity contribution in [1.29, 1.82) is 0 Å². The first-order chi connectivity index (χ1) is 47.9. The molecule has 0 heterocycles. The van der Waals surface area contributed by atoms with Crippen LogP contribution >= 0.6 is 15.6 Å². The van der Waals surface area contributed by atoms with E-state index in [1.165, 1.54) is 231 Å². The molecular formula is C80H156O17P2. The Morgan fingerprint density at radius 1 is 0.293 bits per heavy atom. The van der Waals surface area contributed by atoms with E-state index in [1.54, 1.807) is 0 Å². The number of hydrogen-bond donors (Lipinski definition) is 3. The topological polar surface area (TPSA) is 237 Å². The number of ether oxygens (including phenoxy) is 4. The van der Waals surface area contributed by atoms with Crippen molar-refractivity contribution in [3.8, 4) is 0 Å². The van der Waals surface area contributed by atoms with Crippen LogP contribution in [0.15, 0.2) is 0 Å². The number of rotatable bonds is 79. The van der Waals surface area contributed by atoms with Gasteiger partial charge in [-0.05, 0) is 37.5 Å². The highest BCUT2D eigenvalue weighted by molar-refractivity contribution is 7.47. The second-order valence-electron chi connectivity index (χ2n) is 29.5. The van der Waals surface area contributed by atoms with Gasteiger partial charge in [0.05, 0.1) is 26.4 Å². The van der Waals surface area contributed by atoms with Crippen LogP contribution in [0, 0.1) is 11.8 Å². The van der Waals surface area contributed by atoms with Crippen LogP contribution < -0.4 is 0 Å². The summed E-state index contributed by atoms with van der Waals surface area (Å²) in [6.45, 7) is 9.63. The number of esters is 4. The third kappa shape index (κ3) is 72.8. The van der Waals surface area contributed by atoms with Gasteiger partial charge in [-0.2, -0.15) is 0 Å². The third-order valence-electron chi connectivity index (χ3n) is 19.1. The van der Waals surface area contributed by atoms with Gasteiger partial charge in [0.2, 0.25) is 0 Å². The Kier molecular flexibility index (Phi) is 70.3. The van der Waals surface area contributed by atoms with Crippen molar-refractivity contribution in [3.63, 3.8) is 0 Å². The fraction of sp³-hybridized carbons (Fsp3) is 0.950. The zero-order valence-electron chi connectivity index (χ0n) is 64.8. The summed E-state index contributed by atoms with van der Waals surface area (Å²) in [4.78, 5) is 73.0. The van der Waals surface area contributed by atoms with Crippen molar-refractivity contribution in [2.24, 2.45) is 11.8 Å². The van der Waals surface area contributed by atoms with Gasteiger partial charge in [-0.25, -0.2) is 9.13 Å². The molecule has 0 bridgehead atoms. The Morgan fingerprint density at radius 2 is 0.515 bits per heavy atom. The highest BCUT2D eigenvalue weighted by Crippen LogP contribution is 2.45. The zero-order valence-corrected chi connectivity index (χ0v) is 66.6. The first-order valence-electron chi connectivity index (χ1n) is 41.5. The Morgan fingerprint density at radius 3 is 0.768 bits per heavy atom. The number of aliphatic hydroxyl groups is 1. The molecule has 0 spiro atoms. The first-order valence-corrected chi connectivity index (χ1v) is 44.5. The molecule has 3 N–H and O–H groups in total. The highest BCUT2D eigenvalue weighted by atomic mass is 31.2. The molecule has 0 aliphatic carbocycles. The lowest BCUT2D eigenvalue weighted by Gasteiger charge is -2.21. The van der Waals surface area contributed by atoms with Crippen molar-refractivity contribution in [2.75, 3.05) is 39.6 Å². The van der Waals surface area contributed by atoms with Gasteiger partial charge >= 0.3 is 39.5 Å². The van der Waals surface area contributed by atoms with Gasteiger partial charge in [0.15, 0.2) is 12.2 Å². The predicted octanol–water partition coefficient (Wildman–Crippen LogP) is 23.9. The summed E-state index contributed by atoms with van der Waals surface area (Å²) in [5.41, 5.74) is 0. The monoisotopic (exact) mass is 1450 g/mol. The van der Waals surface area contributed by atoms with Crippen molar-refractivity contribution < 1.29 is 80.2 Å². The Hall–Kier alpha value is -1.94. The fourth-order valence-electron chi connectivity index (χ4n) is 12.3. The Bertz CT molecular complexity index is 1910. The molecular weight excluding hydrogens is 1290 g/mol. The molecule has 0 rings (SSSR count). The van der Waals surface area contributed by atoms with E-state index in [-0.39, 0.29) is 25.7 Å². The fourth-order valence-corrected chi connectivity index (χ4v) is 13.9. The molecule has 0 radical (unpaired) electrons. The summed E-state index contributed by atoms with van der Waals surface area (Å²) < 4.78 is 68.7. The number of phosphoric acid groups is 2. The van der Waals surface area contributed by atoms with E-state index in [2.05, 4.69) is 41.5 Å². The van der Waals surface area contributed by atoms with Gasteiger partial charge in [-0.15, -0.1) is 0 Å². The van der Waals surface area contributed by atoms with Crippen LogP contribution in [0.3, 0.4) is 0 Å². The summed E-state index contributed by atoms with van der Waals surface area (Å²) >= 11 is 0. The molecule has 0 aromatic heterocycles. The van der Waals surface area contributed by atoms with Crippen LogP contribution in [0.2, 0.25) is 0 Å². The van der Waals surface area contributed by atoms with Crippen LogP contribution in [-0.2, 0) is 65.4 Å². The molecule has 6 atom stereocenters. The minimum atomic E-state index is -4.96. The standard InChI is InChI=1S/C80H156O17P2/c1-7-10-12-14-16-18-20-22-24-28-32-35-39-43-50-56-62-77(82)90-68-75(96-79(84)65-59-53-45-41-37-33-29-26-25-27-30-34-38-42-48-54-60-72(4)5)70-94-98(86,87)92-66-74(81)67-93-99(88,89)95-71-76(69-91-78(83)63-57-51-47-46-49-55-61-73(6)9-3)97-80(85)64-58-52-44-40-36-31-23-21-19-17-15-13-11-8-2/h72-76,81H,7-71H2,1-6H3,(H,86,87)(H,88,89)/t73?,74-,75-,76-/m1/s1. The number of hydrogen-bond acceptors (Lipinski definition) is 15. The number of carbonyl (C=O) groups excluding carboxylic acids is 4. The molecule has 588 valence electrons. The first kappa shape index (κ1) is 97.1. The largest absolute Gasteiger partial charge is 0.472 e. The Balaban J connectivity index is 5.24. The minimum Gasteiger partial charge on any atom is -0.462 e. The van der Waals surface area contributed by atoms with Crippen LogP contribution in [0.1, 0.15) is 420 Å². The van der Waals surface area contributed by atoms with E-state index in [4.69, 9.17) is 37.0 Å². The van der Waals surface area contributed by atoms with E-state index >= 15 is 0 Å². The average Bonchev–Trinajstić information content (AvgIpc) is 0.948. The average molecular weight is 1450 g/mol. The van der Waals surface area contributed by atoms with Gasteiger partial charge in [0, 0.05) is 25.7 Å². The van der Waals surface area contributed by atoms with Crippen LogP contribution in [0.25, 0.3) is 0 Å². The summed E-state index contributed by atoms with van der Waals surface area (Å²) in [7, 11) is -9.92. The van der Waals surface area contributed by atoms with Crippen LogP contribution in [-0.4, -0.2) is 96.7 Å². The molecule has 0 saturated carbocycles. The van der Waals surface area contributed by atoms with Gasteiger partial charge < -0.3 is 33.8 Å². The van der Waals surface area contributed by atoms with E-state index in [9.17, 15) is 43.2 Å². The van der Waals surface area contributed by atoms with E-state index < -0.39 is 97.5 Å². The molecule has 17 nitrogen and oxygen atoms in total.